The van der Waals surface area contributed by atoms with Gasteiger partial charge >= 0.3 is 18.2 Å². The van der Waals surface area contributed by atoms with Gasteiger partial charge in [-0.15, -0.1) is 5.12 Å². The van der Waals surface area contributed by atoms with Gasteiger partial charge in [0, 0.05) is 0 Å². The van der Waals surface area contributed by atoms with Crippen molar-refractivity contribution in [1.29, 1.82) is 0 Å². The highest BCUT2D eigenvalue weighted by Crippen LogP contribution is 1.83. The highest BCUT2D eigenvalue weighted by molar-refractivity contribution is 5.79. The Kier molecular flexibility index (Phi) is 6.17. The normalized spacial score (nSPS) is 8.88. The Morgan fingerprint density at radius 3 is 1.69 bits per heavy atom. The number of nitrogens with two attached hydrogens (primary N) is 1. The van der Waals surface area contributed by atoms with Crippen molar-refractivity contribution in [3.8, 4) is 0 Å². The Bertz CT molecular complexity index is 250. The second-order valence-corrected chi connectivity index (χ2v) is 2.34. The topological polar surface area (TPSA) is 123 Å². The number of carbonyl (C=O) groups excluding carboxylic acids is 3. The molecule has 9 heteroatoms. The van der Waals surface area contributed by atoms with Crippen LogP contribution in [-0.2, 0) is 9.47 Å². The Hall–Kier alpha value is -2.19. The molecule has 0 aliphatic rings. The van der Waals surface area contributed by atoms with Crippen molar-refractivity contribution in [3.63, 3.8) is 0 Å². The van der Waals surface area contributed by atoms with Crippen LogP contribution in [-0.4, -0.2) is 36.5 Å². The monoisotopic (exact) mass is 234 g/mol. The average Bonchev–Trinajstić information content (AvgIpc) is 2.17. The maximum atomic E-state index is 10.9. The van der Waals surface area contributed by atoms with Gasteiger partial charge in [0.2, 0.25) is 0 Å². The van der Waals surface area contributed by atoms with E-state index >= 15 is 0 Å². The summed E-state index contributed by atoms with van der Waals surface area (Å²) in [5, 5.41) is 0.357. The van der Waals surface area contributed by atoms with E-state index in [9.17, 15) is 14.4 Å². The van der Waals surface area contributed by atoms with Crippen LogP contribution in [0.15, 0.2) is 0 Å². The maximum Gasteiger partial charge on any atom is 0.427 e. The van der Waals surface area contributed by atoms with Gasteiger partial charge in [-0.05, 0) is 13.8 Å². The first-order valence-corrected chi connectivity index (χ1v) is 4.47. The van der Waals surface area contributed by atoms with Crippen molar-refractivity contribution in [3.05, 3.63) is 0 Å². The molecule has 0 fully saturated rings. The zero-order chi connectivity index (χ0) is 12.6. The van der Waals surface area contributed by atoms with Crippen molar-refractivity contribution in [1.82, 2.24) is 16.0 Å². The first-order valence-electron chi connectivity index (χ1n) is 4.47. The van der Waals surface area contributed by atoms with Gasteiger partial charge in [0.05, 0.1) is 13.2 Å². The predicted octanol–water partition coefficient (Wildman–Crippen LogP) is -0.311. The molecule has 0 aromatic heterocycles. The van der Waals surface area contributed by atoms with E-state index < -0.39 is 18.2 Å². The van der Waals surface area contributed by atoms with E-state index in [1.165, 1.54) is 0 Å². The SMILES string of the molecule is CCOC(=O)NN(NC(=O)OCC)C(N)=O. The zero-order valence-electron chi connectivity index (χ0n) is 8.98. The minimum Gasteiger partial charge on any atom is -0.449 e. The molecule has 4 N–H and O–H groups in total. The zero-order valence-corrected chi connectivity index (χ0v) is 8.98. The second kappa shape index (κ2) is 7.15. The number of hydrazine groups is 2. The van der Waals surface area contributed by atoms with E-state index in [0.717, 1.165) is 0 Å². The van der Waals surface area contributed by atoms with E-state index in [-0.39, 0.29) is 13.2 Å². The first-order chi connectivity index (χ1) is 7.51. The molecule has 0 aromatic rings. The number of hydrogen-bond donors (Lipinski definition) is 3. The number of amides is 4. The quantitative estimate of drug-likeness (QED) is 0.565. The molecular weight excluding hydrogens is 220 g/mol. The number of nitrogens with one attached hydrogen (secondary N) is 2. The van der Waals surface area contributed by atoms with E-state index in [4.69, 9.17) is 5.73 Å². The summed E-state index contributed by atoms with van der Waals surface area (Å²) >= 11 is 0. The summed E-state index contributed by atoms with van der Waals surface area (Å²) in [6.07, 6.45) is -1.86. The highest BCUT2D eigenvalue weighted by atomic mass is 16.6. The van der Waals surface area contributed by atoms with Crippen LogP contribution in [0.25, 0.3) is 0 Å². The van der Waals surface area contributed by atoms with E-state index in [0.29, 0.717) is 5.12 Å². The highest BCUT2D eigenvalue weighted by Gasteiger charge is 2.16. The Morgan fingerprint density at radius 1 is 1.06 bits per heavy atom. The third-order valence-electron chi connectivity index (χ3n) is 1.18. The molecule has 0 unspecified atom stereocenters. The molecule has 0 aliphatic heterocycles. The third-order valence-corrected chi connectivity index (χ3v) is 1.18. The van der Waals surface area contributed by atoms with Gasteiger partial charge in [0.15, 0.2) is 0 Å². The van der Waals surface area contributed by atoms with Gasteiger partial charge in [-0.1, -0.05) is 0 Å². The van der Waals surface area contributed by atoms with Gasteiger partial charge in [-0.25, -0.2) is 25.2 Å². The number of nitrogens with zero attached hydrogens (tertiary/aromatic N) is 1. The molecule has 0 rings (SSSR count). The predicted molar refractivity (Wildman–Crippen MR) is 51.7 cm³/mol. The number of carbonyl (C=O) groups is 3. The molecule has 0 atom stereocenters. The summed E-state index contributed by atoms with van der Waals surface area (Å²) in [7, 11) is 0. The van der Waals surface area contributed by atoms with Gasteiger partial charge in [0.25, 0.3) is 0 Å². The lowest BCUT2D eigenvalue weighted by molar-refractivity contribution is 0.0838. The lowest BCUT2D eigenvalue weighted by Crippen LogP contribution is -2.58. The molecule has 0 aromatic carbocycles. The van der Waals surface area contributed by atoms with Crippen LogP contribution in [0.1, 0.15) is 13.8 Å². The summed E-state index contributed by atoms with van der Waals surface area (Å²) in [5.74, 6) is 0. The van der Waals surface area contributed by atoms with Crippen molar-refractivity contribution < 1.29 is 23.9 Å². The fourth-order valence-corrected chi connectivity index (χ4v) is 0.647. The lowest BCUT2D eigenvalue weighted by Gasteiger charge is -2.20. The average molecular weight is 234 g/mol. The van der Waals surface area contributed by atoms with Crippen molar-refractivity contribution in [2.45, 2.75) is 13.8 Å². The number of hydrogen-bond acceptors (Lipinski definition) is 5. The molecule has 0 saturated heterocycles. The lowest BCUT2D eigenvalue weighted by atomic mass is 10.9. The number of primary amides is 1. The van der Waals surface area contributed by atoms with Crippen LogP contribution in [0.3, 0.4) is 0 Å². The van der Waals surface area contributed by atoms with Gasteiger partial charge in [-0.3, -0.25) is 0 Å². The van der Waals surface area contributed by atoms with Crippen LogP contribution in [0.5, 0.6) is 0 Å². The van der Waals surface area contributed by atoms with E-state index in [2.05, 4.69) is 9.47 Å². The largest absolute Gasteiger partial charge is 0.449 e. The second-order valence-electron chi connectivity index (χ2n) is 2.34. The fraction of sp³-hybridized carbons (Fsp3) is 0.571. The fourth-order valence-electron chi connectivity index (χ4n) is 0.647. The third kappa shape index (κ3) is 5.52. The molecule has 0 spiro atoms. The van der Waals surface area contributed by atoms with Crippen molar-refractivity contribution in [2.75, 3.05) is 13.2 Å². The van der Waals surface area contributed by atoms with Crippen LogP contribution in [0, 0.1) is 0 Å². The van der Waals surface area contributed by atoms with Crippen molar-refractivity contribution >= 4 is 18.2 Å². The molecule has 0 bridgehead atoms. The molecule has 9 nitrogen and oxygen atoms in total. The smallest absolute Gasteiger partial charge is 0.427 e. The molecule has 0 radical (unpaired) electrons. The summed E-state index contributed by atoms with van der Waals surface area (Å²) < 4.78 is 8.94. The van der Waals surface area contributed by atoms with Crippen molar-refractivity contribution in [2.24, 2.45) is 5.73 Å². The summed E-state index contributed by atoms with van der Waals surface area (Å²) in [5.41, 5.74) is 8.66. The minimum absolute atomic E-state index is 0.109. The Labute approximate surface area is 91.8 Å². The van der Waals surface area contributed by atoms with Gasteiger partial charge in [-0.2, -0.15) is 0 Å². The van der Waals surface area contributed by atoms with Gasteiger partial charge < -0.3 is 15.2 Å². The standard InChI is InChI=1S/C7H14N4O5/c1-3-15-6(13)9-11(5(8)12)10-7(14)16-4-2/h3-4H2,1-2H3,(H2,8,12)(H,9,13)(H,10,14). The maximum absolute atomic E-state index is 10.9. The van der Waals surface area contributed by atoms with Crippen LogP contribution in [0.4, 0.5) is 14.4 Å². The van der Waals surface area contributed by atoms with E-state index in [1.54, 1.807) is 13.8 Å². The molecule has 16 heavy (non-hydrogen) atoms. The molecular formula is C7H14N4O5. The molecule has 0 saturated carbocycles. The van der Waals surface area contributed by atoms with Crippen LogP contribution >= 0.6 is 0 Å². The Balaban J connectivity index is 4.22. The summed E-state index contributed by atoms with van der Waals surface area (Å²) in [6, 6.07) is -1.10. The summed E-state index contributed by atoms with van der Waals surface area (Å²) in [4.78, 5) is 32.6. The molecule has 4 amide bonds. The van der Waals surface area contributed by atoms with Crippen LogP contribution < -0.4 is 16.6 Å². The Morgan fingerprint density at radius 2 is 1.44 bits per heavy atom. The number of urea groups is 1. The number of ether oxygens (including phenoxy) is 2. The van der Waals surface area contributed by atoms with E-state index in [1.807, 2.05) is 10.9 Å². The minimum atomic E-state index is -1.10. The molecule has 0 heterocycles. The molecule has 92 valence electrons. The molecule has 0 aliphatic carbocycles. The van der Waals surface area contributed by atoms with Crippen LogP contribution in [0.2, 0.25) is 0 Å². The van der Waals surface area contributed by atoms with Gasteiger partial charge in [0.1, 0.15) is 0 Å². The first kappa shape index (κ1) is 13.8. The summed E-state index contributed by atoms with van der Waals surface area (Å²) in [6.45, 7) is 3.37. The number of rotatable bonds is 2.